The van der Waals surface area contributed by atoms with Gasteiger partial charge in [0.25, 0.3) is 5.91 Å². The molecule has 0 radical (unpaired) electrons. The lowest BCUT2D eigenvalue weighted by molar-refractivity contribution is -0.153. The number of aldehydes is 1. The van der Waals surface area contributed by atoms with Crippen LogP contribution in [0, 0.1) is 5.92 Å². The molecule has 46 heavy (non-hydrogen) atoms. The number of aliphatic carboxylic acids is 1. The van der Waals surface area contributed by atoms with Crippen LogP contribution >= 0.6 is 7.60 Å². The molecule has 252 valence electrons. The van der Waals surface area contributed by atoms with Gasteiger partial charge in [-0.1, -0.05) is 62.4 Å². The summed E-state index contributed by atoms with van der Waals surface area (Å²) in [7, 11) is -4.65. The van der Waals surface area contributed by atoms with Gasteiger partial charge >= 0.3 is 19.5 Å². The number of carboxylic acid groups (broad SMARTS) is 1. The van der Waals surface area contributed by atoms with Gasteiger partial charge in [-0.3, -0.25) is 18.4 Å². The summed E-state index contributed by atoms with van der Waals surface area (Å²) in [5, 5.41) is 9.77. The molecule has 1 fully saturated rings. The first kappa shape index (κ1) is 37.1. The second-order valence-corrected chi connectivity index (χ2v) is 13.5. The van der Waals surface area contributed by atoms with Crippen molar-refractivity contribution in [2.24, 2.45) is 11.7 Å². The Morgan fingerprint density at radius 2 is 1.72 bits per heavy atom. The summed E-state index contributed by atoms with van der Waals surface area (Å²) in [4.78, 5) is 51.5. The lowest BCUT2D eigenvalue weighted by atomic mass is 10.1. The molecule has 0 saturated carbocycles. The summed E-state index contributed by atoms with van der Waals surface area (Å²) in [5.41, 5.74) is 6.56. The van der Waals surface area contributed by atoms with Crippen LogP contribution in [0.2, 0.25) is 0 Å². The van der Waals surface area contributed by atoms with Gasteiger partial charge in [-0.05, 0) is 56.3 Å². The molecule has 3 rings (SSSR count). The molecule has 0 bridgehead atoms. The van der Waals surface area contributed by atoms with E-state index in [9.17, 15) is 24.3 Å². The van der Waals surface area contributed by atoms with Crippen LogP contribution in [-0.4, -0.2) is 78.1 Å². The van der Waals surface area contributed by atoms with Crippen molar-refractivity contribution in [1.29, 1.82) is 0 Å². The molecule has 0 aromatic heterocycles. The quantitative estimate of drug-likeness (QED) is 0.0657. The molecule has 3 unspecified atom stereocenters. The molecule has 3 N–H and O–H groups in total. The molecule has 2 aromatic rings. The first-order valence-corrected chi connectivity index (χ1v) is 17.3. The number of carboxylic acids is 1. The molecular formula is C33H45N2O10P. The topological polar surface area (TPSA) is 172 Å². The monoisotopic (exact) mass is 660 g/mol. The zero-order valence-electron chi connectivity index (χ0n) is 26.4. The molecule has 0 spiro atoms. The van der Waals surface area contributed by atoms with Crippen molar-refractivity contribution in [3.63, 3.8) is 0 Å². The van der Waals surface area contributed by atoms with Crippen molar-refractivity contribution in [2.45, 2.75) is 83.1 Å². The maximum atomic E-state index is 15.2. The highest BCUT2D eigenvalue weighted by atomic mass is 31.2. The van der Waals surface area contributed by atoms with E-state index in [1.807, 2.05) is 0 Å². The second kappa shape index (κ2) is 18.7. The van der Waals surface area contributed by atoms with E-state index in [4.69, 9.17) is 24.3 Å². The van der Waals surface area contributed by atoms with E-state index < -0.39 is 55.6 Å². The number of nitrogens with two attached hydrogens (primary N) is 1. The Bertz CT molecular complexity index is 1310. The molecule has 12 nitrogen and oxygen atoms in total. The minimum Gasteiger partial charge on any atom is -0.480 e. The van der Waals surface area contributed by atoms with E-state index in [0.717, 1.165) is 0 Å². The lowest BCUT2D eigenvalue weighted by Gasteiger charge is -2.35. The second-order valence-electron chi connectivity index (χ2n) is 11.4. The van der Waals surface area contributed by atoms with Crippen LogP contribution < -0.4 is 5.73 Å². The number of hydrogen-bond donors (Lipinski definition) is 2. The van der Waals surface area contributed by atoms with Gasteiger partial charge in [-0.25, -0.2) is 9.59 Å². The Labute approximate surface area is 270 Å². The smallest absolute Gasteiger partial charge is 0.374 e. The maximum absolute atomic E-state index is 15.2. The van der Waals surface area contributed by atoms with Crippen molar-refractivity contribution in [1.82, 2.24) is 4.90 Å². The van der Waals surface area contributed by atoms with Crippen molar-refractivity contribution in [3.8, 4) is 0 Å². The van der Waals surface area contributed by atoms with Crippen LogP contribution in [0.4, 0.5) is 0 Å². The van der Waals surface area contributed by atoms with E-state index in [2.05, 4.69) is 0 Å². The van der Waals surface area contributed by atoms with Gasteiger partial charge in [0.05, 0.1) is 12.2 Å². The maximum Gasteiger partial charge on any atom is 0.374 e. The minimum absolute atomic E-state index is 0.0353. The molecule has 5 atom stereocenters. The summed E-state index contributed by atoms with van der Waals surface area (Å²) in [6, 6.07) is 16.0. The number of esters is 1. The number of ether oxygens (including phenoxy) is 2. The van der Waals surface area contributed by atoms with Gasteiger partial charge in [-0.2, -0.15) is 0 Å². The molecule has 1 aliphatic heterocycles. The Hall–Kier alpha value is -3.41. The average Bonchev–Trinajstić information content (AvgIpc) is 3.55. The predicted molar refractivity (Wildman–Crippen MR) is 170 cm³/mol. The molecule has 1 saturated heterocycles. The van der Waals surface area contributed by atoms with Gasteiger partial charge in [0.15, 0.2) is 6.29 Å². The van der Waals surface area contributed by atoms with Crippen molar-refractivity contribution >= 4 is 31.7 Å². The zero-order valence-corrected chi connectivity index (χ0v) is 27.3. The fraction of sp³-hybridized carbons (Fsp3) is 0.515. The third-order valence-electron chi connectivity index (χ3n) is 7.46. The Morgan fingerprint density at radius 3 is 2.33 bits per heavy atom. The number of nitrogens with zero attached hydrogens (tertiary/aromatic N) is 1. The molecular weight excluding hydrogens is 615 g/mol. The highest BCUT2D eigenvalue weighted by Crippen LogP contribution is 2.58. The van der Waals surface area contributed by atoms with Crippen LogP contribution in [-0.2, 0) is 43.9 Å². The normalized spacial score (nSPS) is 18.0. The summed E-state index contributed by atoms with van der Waals surface area (Å²) in [5.74, 6) is -4.51. The average molecular weight is 661 g/mol. The minimum atomic E-state index is -4.65. The van der Waals surface area contributed by atoms with Crippen LogP contribution in [0.5, 0.6) is 0 Å². The van der Waals surface area contributed by atoms with Crippen LogP contribution in [0.25, 0.3) is 0 Å². The van der Waals surface area contributed by atoms with E-state index in [1.54, 1.807) is 74.5 Å². The number of hydrogen-bond acceptors (Lipinski definition) is 10. The number of unbranched alkanes of at least 4 members (excludes halogenated alkanes) is 1. The fourth-order valence-corrected chi connectivity index (χ4v) is 7.15. The predicted octanol–water partition coefficient (Wildman–Crippen LogP) is 4.80. The van der Waals surface area contributed by atoms with Crippen LogP contribution in [0.15, 0.2) is 60.7 Å². The third-order valence-corrected chi connectivity index (χ3v) is 9.51. The first-order valence-electron chi connectivity index (χ1n) is 15.6. The Kier molecular flexibility index (Phi) is 15.0. The van der Waals surface area contributed by atoms with Crippen molar-refractivity contribution in [2.75, 3.05) is 19.7 Å². The standard InChI is InChI=1S/C33H45N2O10P/c1-24(2)33(42-22-12-21-36)45-46(41,44-28(18-9-10-19-34)30(37)35-20-11-17-27(35)31(38)39)29(23-25-13-5-3-6-14-25)43-32(40)26-15-7-4-8-16-26/h3-8,13-16,21,24,27-29,33H,9-12,17-20,22-23,34H2,1-2H3,(H,38,39)/t27-,28?,29-,33?,46?/m0/s1. The van der Waals surface area contributed by atoms with Gasteiger partial charge in [-0.15, -0.1) is 0 Å². The Morgan fingerprint density at radius 1 is 1.04 bits per heavy atom. The number of benzene rings is 2. The van der Waals surface area contributed by atoms with E-state index in [1.165, 1.54) is 4.90 Å². The highest BCUT2D eigenvalue weighted by Gasteiger charge is 2.47. The summed E-state index contributed by atoms with van der Waals surface area (Å²) in [6.07, 6.45) is -0.167. The van der Waals surface area contributed by atoms with Crippen LogP contribution in [0.3, 0.4) is 0 Å². The molecule has 13 heteroatoms. The molecule has 1 heterocycles. The number of carbonyl (C=O) groups excluding carboxylic acids is 3. The molecule has 1 amide bonds. The molecule has 0 aliphatic carbocycles. The van der Waals surface area contributed by atoms with Gasteiger partial charge < -0.3 is 30.0 Å². The van der Waals surface area contributed by atoms with E-state index >= 15 is 4.57 Å². The van der Waals surface area contributed by atoms with Crippen molar-refractivity contribution in [3.05, 3.63) is 71.8 Å². The molecule has 1 aliphatic rings. The fourth-order valence-electron chi connectivity index (χ4n) is 5.03. The number of amides is 1. The zero-order chi connectivity index (χ0) is 33.5. The first-order chi connectivity index (χ1) is 22.1. The highest BCUT2D eigenvalue weighted by molar-refractivity contribution is 7.54. The SMILES string of the molecule is CC(C)C(OCCC=O)OP(=O)(OC(CCCCN)C(=O)N1CCC[C@H]1C(=O)O)[C@@H](Cc1ccccc1)OC(=O)c1ccccc1. The van der Waals surface area contributed by atoms with E-state index in [-0.39, 0.29) is 44.4 Å². The van der Waals surface area contributed by atoms with E-state index in [0.29, 0.717) is 37.7 Å². The van der Waals surface area contributed by atoms with Gasteiger partial charge in [0.1, 0.15) is 18.4 Å². The summed E-state index contributed by atoms with van der Waals surface area (Å²) in [6.45, 7) is 4.00. The largest absolute Gasteiger partial charge is 0.480 e. The number of rotatable bonds is 20. The number of carbonyl (C=O) groups is 4. The summed E-state index contributed by atoms with van der Waals surface area (Å²) >= 11 is 0. The molecule has 2 aromatic carbocycles. The van der Waals surface area contributed by atoms with Gasteiger partial charge in [0, 0.05) is 25.3 Å². The van der Waals surface area contributed by atoms with Crippen LogP contribution in [0.1, 0.15) is 68.3 Å². The lowest BCUT2D eigenvalue weighted by Crippen LogP contribution is -2.46. The number of likely N-dealkylation sites (tertiary alicyclic amines) is 1. The van der Waals surface area contributed by atoms with Gasteiger partial charge in [0.2, 0.25) is 5.85 Å². The van der Waals surface area contributed by atoms with Crippen molar-refractivity contribution < 1.29 is 47.4 Å². The third kappa shape index (κ3) is 10.8. The summed E-state index contributed by atoms with van der Waals surface area (Å²) < 4.78 is 39.3. The Balaban J connectivity index is 2.09.